The Kier molecular flexibility index (Phi) is 6.07. The lowest BCUT2D eigenvalue weighted by Gasteiger charge is -2.27. The Balaban J connectivity index is 1.22. The molecule has 1 aliphatic rings. The zero-order chi connectivity index (χ0) is 31.0. The van der Waals surface area contributed by atoms with Crippen molar-refractivity contribution in [1.29, 1.82) is 0 Å². The number of rotatable bonds is 4. The molecule has 0 unspecified atom stereocenters. The molecule has 0 aromatic heterocycles. The highest BCUT2D eigenvalue weighted by Crippen LogP contribution is 2.53. The van der Waals surface area contributed by atoms with Gasteiger partial charge in [-0.2, -0.15) is 0 Å². The van der Waals surface area contributed by atoms with E-state index in [-0.39, 0.29) is 5.41 Å². The second-order valence-corrected chi connectivity index (χ2v) is 13.9. The summed E-state index contributed by atoms with van der Waals surface area (Å²) in [5, 5.41) is 10.2. The largest absolute Gasteiger partial charge is 0.310 e. The molecule has 8 aromatic rings. The molecular formula is C44H33NS. The van der Waals surface area contributed by atoms with Gasteiger partial charge in [-0.05, 0) is 132 Å². The van der Waals surface area contributed by atoms with Crippen LogP contribution in [0.15, 0.2) is 150 Å². The molecule has 0 bridgehead atoms. The van der Waals surface area contributed by atoms with E-state index in [0.717, 1.165) is 17.1 Å². The summed E-state index contributed by atoms with van der Waals surface area (Å²) >= 11 is 1.80. The van der Waals surface area contributed by atoms with Crippen molar-refractivity contribution >= 4 is 71.9 Å². The lowest BCUT2D eigenvalue weighted by atomic mass is 9.80. The lowest BCUT2D eigenvalue weighted by molar-refractivity contribution is 0.667. The van der Waals surface area contributed by atoms with Gasteiger partial charge in [0.2, 0.25) is 0 Å². The van der Waals surface area contributed by atoms with Crippen LogP contribution in [0.4, 0.5) is 17.1 Å². The molecule has 8 aromatic carbocycles. The van der Waals surface area contributed by atoms with E-state index in [1.54, 1.807) is 11.8 Å². The van der Waals surface area contributed by atoms with Gasteiger partial charge in [-0.25, -0.2) is 0 Å². The maximum Gasteiger partial charge on any atom is 0.0468 e. The van der Waals surface area contributed by atoms with Crippen molar-refractivity contribution in [3.8, 4) is 11.1 Å². The molecule has 0 fully saturated rings. The van der Waals surface area contributed by atoms with Gasteiger partial charge in [0.05, 0.1) is 0 Å². The van der Waals surface area contributed by atoms with E-state index >= 15 is 0 Å². The number of hydrogen-bond donors (Lipinski definition) is 0. The van der Waals surface area contributed by atoms with Crippen LogP contribution in [-0.4, -0.2) is 6.26 Å². The molecule has 0 saturated carbocycles. The summed E-state index contributed by atoms with van der Waals surface area (Å²) in [6.45, 7) is 4.79. The van der Waals surface area contributed by atoms with Gasteiger partial charge in [0.15, 0.2) is 0 Å². The monoisotopic (exact) mass is 607 g/mol. The van der Waals surface area contributed by atoms with E-state index < -0.39 is 0 Å². The van der Waals surface area contributed by atoms with Crippen LogP contribution < -0.4 is 4.90 Å². The zero-order valence-corrected chi connectivity index (χ0v) is 27.0. The maximum atomic E-state index is 2.44. The van der Waals surface area contributed by atoms with Gasteiger partial charge in [-0.15, -0.1) is 11.8 Å². The van der Waals surface area contributed by atoms with E-state index in [0.29, 0.717) is 0 Å². The molecule has 1 nitrogen and oxygen atoms in total. The highest BCUT2D eigenvalue weighted by atomic mass is 32.2. The first-order valence-electron chi connectivity index (χ1n) is 16.0. The first-order valence-corrected chi connectivity index (χ1v) is 17.2. The number of anilines is 3. The summed E-state index contributed by atoms with van der Waals surface area (Å²) in [6, 6.07) is 54.2. The van der Waals surface area contributed by atoms with E-state index in [9.17, 15) is 0 Å². The molecular weight excluding hydrogens is 575 g/mol. The van der Waals surface area contributed by atoms with Gasteiger partial charge in [0, 0.05) is 27.4 Å². The molecule has 2 heteroatoms. The Morgan fingerprint density at radius 1 is 0.457 bits per heavy atom. The van der Waals surface area contributed by atoms with Crippen LogP contribution in [0, 0.1) is 0 Å². The third-order valence-corrected chi connectivity index (χ3v) is 10.7. The van der Waals surface area contributed by atoms with Crippen molar-refractivity contribution in [2.45, 2.75) is 24.2 Å². The van der Waals surface area contributed by atoms with Crippen LogP contribution >= 0.6 is 11.8 Å². The van der Waals surface area contributed by atoms with Crippen LogP contribution in [-0.2, 0) is 5.41 Å². The normalized spacial score (nSPS) is 13.4. The quantitative estimate of drug-likeness (QED) is 0.183. The fraction of sp³-hybridized carbons (Fsp3) is 0.0909. The standard InChI is InChI=1S/C44H33NS/c1-44(2)42-27-34-25-38(46-3)19-14-32(34)26-41(42)40-20-15-33-24-37(18-21-39(33)43(40)44)45(35-16-12-28-8-4-6-10-30(28)22-35)36-17-13-29-9-5-7-11-31(29)23-36/h4-27H,1-3H3. The summed E-state index contributed by atoms with van der Waals surface area (Å²) in [6.07, 6.45) is 2.15. The molecule has 0 radical (unpaired) electrons. The minimum atomic E-state index is -0.106. The summed E-state index contributed by atoms with van der Waals surface area (Å²) in [7, 11) is 0. The zero-order valence-electron chi connectivity index (χ0n) is 26.2. The van der Waals surface area contributed by atoms with E-state index in [2.05, 4.69) is 171 Å². The molecule has 9 rings (SSSR count). The second-order valence-electron chi connectivity index (χ2n) is 13.0. The van der Waals surface area contributed by atoms with Crippen molar-refractivity contribution < 1.29 is 0 Å². The van der Waals surface area contributed by atoms with Gasteiger partial charge in [0.25, 0.3) is 0 Å². The molecule has 220 valence electrons. The van der Waals surface area contributed by atoms with Crippen molar-refractivity contribution in [3.63, 3.8) is 0 Å². The molecule has 0 amide bonds. The highest BCUT2D eigenvalue weighted by molar-refractivity contribution is 7.98. The molecule has 1 aliphatic carbocycles. The third-order valence-electron chi connectivity index (χ3n) is 10.0. The molecule has 46 heavy (non-hydrogen) atoms. The molecule has 0 saturated heterocycles. The van der Waals surface area contributed by atoms with Crippen molar-refractivity contribution in [2.24, 2.45) is 0 Å². The Morgan fingerprint density at radius 3 is 1.65 bits per heavy atom. The second kappa shape index (κ2) is 10.2. The van der Waals surface area contributed by atoms with Gasteiger partial charge in [-0.1, -0.05) is 98.8 Å². The van der Waals surface area contributed by atoms with Crippen molar-refractivity contribution in [2.75, 3.05) is 11.2 Å². The third kappa shape index (κ3) is 4.17. The fourth-order valence-electron chi connectivity index (χ4n) is 7.71. The Morgan fingerprint density at radius 2 is 1.00 bits per heavy atom. The van der Waals surface area contributed by atoms with Crippen LogP contribution in [0.3, 0.4) is 0 Å². The lowest BCUT2D eigenvalue weighted by Crippen LogP contribution is -2.15. The van der Waals surface area contributed by atoms with Gasteiger partial charge < -0.3 is 4.90 Å². The first kappa shape index (κ1) is 27.3. The average molecular weight is 608 g/mol. The summed E-state index contributed by atoms with van der Waals surface area (Å²) in [4.78, 5) is 3.71. The Hall–Kier alpha value is -5.05. The van der Waals surface area contributed by atoms with E-state index in [1.165, 1.54) is 70.2 Å². The molecule has 0 atom stereocenters. The SMILES string of the molecule is CSc1ccc2cc3c(cc2c1)C(C)(C)c1c-3ccc2cc(N(c3ccc4ccccc4c3)c3ccc4ccccc4c3)ccc12. The molecule has 0 spiro atoms. The van der Waals surface area contributed by atoms with Crippen molar-refractivity contribution in [3.05, 3.63) is 157 Å². The van der Waals surface area contributed by atoms with Gasteiger partial charge in [0.1, 0.15) is 0 Å². The number of nitrogens with zero attached hydrogens (tertiary/aromatic N) is 1. The predicted molar refractivity (Wildman–Crippen MR) is 200 cm³/mol. The highest BCUT2D eigenvalue weighted by Gasteiger charge is 2.37. The maximum absolute atomic E-state index is 2.44. The predicted octanol–water partition coefficient (Wildman–Crippen LogP) is 12.8. The van der Waals surface area contributed by atoms with Crippen LogP contribution in [0.2, 0.25) is 0 Å². The van der Waals surface area contributed by atoms with Crippen molar-refractivity contribution in [1.82, 2.24) is 0 Å². The molecule has 0 N–H and O–H groups in total. The number of fused-ring (bicyclic) bond motifs is 8. The van der Waals surface area contributed by atoms with Crippen LogP contribution in [0.25, 0.3) is 54.2 Å². The summed E-state index contributed by atoms with van der Waals surface area (Å²) < 4.78 is 0. The average Bonchev–Trinajstić information content (AvgIpc) is 3.32. The van der Waals surface area contributed by atoms with E-state index in [1.807, 2.05) is 0 Å². The molecule has 0 heterocycles. The fourth-order valence-corrected chi connectivity index (χ4v) is 8.16. The summed E-state index contributed by atoms with van der Waals surface area (Å²) in [5.41, 5.74) is 8.92. The van der Waals surface area contributed by atoms with Gasteiger partial charge >= 0.3 is 0 Å². The first-order chi connectivity index (χ1) is 22.5. The number of benzene rings is 8. The van der Waals surface area contributed by atoms with Gasteiger partial charge in [-0.3, -0.25) is 0 Å². The van der Waals surface area contributed by atoms with E-state index in [4.69, 9.17) is 0 Å². The summed E-state index contributed by atoms with van der Waals surface area (Å²) in [5.74, 6) is 0. The molecule has 0 aliphatic heterocycles. The van der Waals surface area contributed by atoms with Crippen LogP contribution in [0.1, 0.15) is 25.0 Å². The Bertz CT molecular complexity index is 2430. The minimum Gasteiger partial charge on any atom is -0.310 e. The van der Waals surface area contributed by atoms with Crippen LogP contribution in [0.5, 0.6) is 0 Å². The number of thioether (sulfide) groups is 1. The number of hydrogen-bond acceptors (Lipinski definition) is 2. The smallest absolute Gasteiger partial charge is 0.0468 e. The topological polar surface area (TPSA) is 3.24 Å². The minimum absolute atomic E-state index is 0.106. The Labute approximate surface area is 274 Å².